The number of para-hydroxylation sites is 1. The van der Waals surface area contributed by atoms with Crippen LogP contribution in [0.2, 0.25) is 0 Å². The van der Waals surface area contributed by atoms with Gasteiger partial charge in [0.1, 0.15) is 5.75 Å². The highest BCUT2D eigenvalue weighted by atomic mass is 16.5. The van der Waals surface area contributed by atoms with Gasteiger partial charge in [-0.05, 0) is 32.0 Å². The third-order valence-electron chi connectivity index (χ3n) is 3.61. The van der Waals surface area contributed by atoms with E-state index in [4.69, 9.17) is 9.47 Å². The minimum absolute atomic E-state index is 0.103. The lowest BCUT2D eigenvalue weighted by molar-refractivity contribution is 0.0418. The third kappa shape index (κ3) is 3.55. The summed E-state index contributed by atoms with van der Waals surface area (Å²) in [5.41, 5.74) is 0.656. The quantitative estimate of drug-likeness (QED) is 0.762. The zero-order valence-electron chi connectivity index (χ0n) is 11.6. The largest absolute Gasteiger partial charge is 0.496 e. The second-order valence-electron chi connectivity index (χ2n) is 4.88. The maximum Gasteiger partial charge on any atom is 0.180 e. The average molecular weight is 263 g/mol. The number of nitrogens with zero attached hydrogens (tertiary/aromatic N) is 1. The summed E-state index contributed by atoms with van der Waals surface area (Å²) in [5.74, 6) is 0.749. The van der Waals surface area contributed by atoms with Gasteiger partial charge in [0.25, 0.3) is 0 Å². The van der Waals surface area contributed by atoms with Gasteiger partial charge in [0.05, 0.1) is 19.2 Å². The molecule has 4 heteroatoms. The standard InChI is InChI=1S/C15H21NO3/c1-16(12-7-9-19-10-8-12)11-14(17)13-5-3-4-6-15(13)18-2/h3-6,12H,7-11H2,1-2H3. The second kappa shape index (κ2) is 6.68. The Labute approximate surface area is 114 Å². The number of ketones is 1. The van der Waals surface area contributed by atoms with Crippen molar-refractivity contribution >= 4 is 5.78 Å². The molecular weight excluding hydrogens is 242 g/mol. The lowest BCUT2D eigenvalue weighted by Gasteiger charge is -2.30. The number of carbonyl (C=O) groups excluding carboxylic acids is 1. The van der Waals surface area contributed by atoms with Crippen molar-refractivity contribution < 1.29 is 14.3 Å². The second-order valence-corrected chi connectivity index (χ2v) is 4.88. The lowest BCUT2D eigenvalue weighted by Crippen LogP contribution is -2.39. The van der Waals surface area contributed by atoms with Crippen LogP contribution in [0.15, 0.2) is 24.3 Å². The number of carbonyl (C=O) groups is 1. The molecule has 0 amide bonds. The fourth-order valence-corrected chi connectivity index (χ4v) is 2.44. The zero-order valence-corrected chi connectivity index (χ0v) is 11.6. The van der Waals surface area contributed by atoms with E-state index in [0.717, 1.165) is 26.1 Å². The fraction of sp³-hybridized carbons (Fsp3) is 0.533. The molecule has 1 aliphatic rings. The Morgan fingerprint density at radius 3 is 2.74 bits per heavy atom. The first-order valence-electron chi connectivity index (χ1n) is 6.66. The lowest BCUT2D eigenvalue weighted by atomic mass is 10.1. The van der Waals surface area contributed by atoms with Crippen molar-refractivity contribution in [2.24, 2.45) is 0 Å². The Kier molecular flexibility index (Phi) is 4.93. The number of benzene rings is 1. The van der Waals surface area contributed by atoms with E-state index >= 15 is 0 Å². The van der Waals surface area contributed by atoms with Gasteiger partial charge in [0.15, 0.2) is 5.78 Å². The van der Waals surface area contributed by atoms with Crippen LogP contribution in [0.3, 0.4) is 0 Å². The molecule has 104 valence electrons. The minimum atomic E-state index is 0.103. The number of rotatable bonds is 5. The van der Waals surface area contributed by atoms with E-state index in [9.17, 15) is 4.79 Å². The van der Waals surface area contributed by atoms with E-state index in [1.807, 2.05) is 31.3 Å². The van der Waals surface area contributed by atoms with Crippen LogP contribution in [0.5, 0.6) is 5.75 Å². The van der Waals surface area contributed by atoms with E-state index in [2.05, 4.69) is 4.90 Å². The highest BCUT2D eigenvalue weighted by Crippen LogP contribution is 2.19. The Morgan fingerprint density at radius 1 is 1.37 bits per heavy atom. The molecule has 0 aliphatic carbocycles. The van der Waals surface area contributed by atoms with Crippen molar-refractivity contribution in [1.82, 2.24) is 4.90 Å². The molecule has 0 spiro atoms. The molecule has 1 aliphatic heterocycles. The summed E-state index contributed by atoms with van der Waals surface area (Å²) < 4.78 is 10.6. The molecule has 0 bridgehead atoms. The summed E-state index contributed by atoms with van der Waals surface area (Å²) >= 11 is 0. The molecule has 0 radical (unpaired) electrons. The molecule has 1 aromatic rings. The normalized spacial score (nSPS) is 16.6. The van der Waals surface area contributed by atoms with Crippen molar-refractivity contribution in [2.75, 3.05) is 33.9 Å². The van der Waals surface area contributed by atoms with E-state index in [1.165, 1.54) is 0 Å². The summed E-state index contributed by atoms with van der Waals surface area (Å²) in [6.07, 6.45) is 1.99. The van der Waals surface area contributed by atoms with E-state index in [1.54, 1.807) is 7.11 Å². The maximum absolute atomic E-state index is 12.3. The highest BCUT2D eigenvalue weighted by molar-refractivity contribution is 6.00. The van der Waals surface area contributed by atoms with Gasteiger partial charge in [0.2, 0.25) is 0 Å². The predicted molar refractivity (Wildman–Crippen MR) is 73.8 cm³/mol. The van der Waals surface area contributed by atoms with Crippen molar-refractivity contribution in [2.45, 2.75) is 18.9 Å². The Bertz CT molecular complexity index is 427. The van der Waals surface area contributed by atoms with Crippen LogP contribution < -0.4 is 4.74 Å². The fourth-order valence-electron chi connectivity index (χ4n) is 2.44. The third-order valence-corrected chi connectivity index (χ3v) is 3.61. The van der Waals surface area contributed by atoms with Gasteiger partial charge in [0, 0.05) is 19.3 Å². The number of hydrogen-bond acceptors (Lipinski definition) is 4. The summed E-state index contributed by atoms with van der Waals surface area (Å²) in [6, 6.07) is 7.82. The van der Waals surface area contributed by atoms with Gasteiger partial charge in [-0.3, -0.25) is 9.69 Å². The van der Waals surface area contributed by atoms with Gasteiger partial charge in [-0.25, -0.2) is 0 Å². The van der Waals surface area contributed by atoms with Crippen LogP contribution in [0.25, 0.3) is 0 Å². The smallest absolute Gasteiger partial charge is 0.180 e. The highest BCUT2D eigenvalue weighted by Gasteiger charge is 2.21. The van der Waals surface area contributed by atoms with Crippen molar-refractivity contribution in [3.05, 3.63) is 29.8 Å². The first-order valence-corrected chi connectivity index (χ1v) is 6.66. The van der Waals surface area contributed by atoms with Crippen molar-refractivity contribution in [1.29, 1.82) is 0 Å². The molecule has 0 unspecified atom stereocenters. The number of methoxy groups -OCH3 is 1. The molecule has 0 N–H and O–H groups in total. The Morgan fingerprint density at radius 2 is 2.05 bits per heavy atom. The topological polar surface area (TPSA) is 38.8 Å². The minimum Gasteiger partial charge on any atom is -0.496 e. The van der Waals surface area contributed by atoms with Crippen LogP contribution >= 0.6 is 0 Å². The van der Waals surface area contributed by atoms with Gasteiger partial charge >= 0.3 is 0 Å². The molecule has 1 fully saturated rings. The summed E-state index contributed by atoms with van der Waals surface area (Å²) in [7, 11) is 3.59. The zero-order chi connectivity index (χ0) is 13.7. The van der Waals surface area contributed by atoms with Gasteiger partial charge < -0.3 is 9.47 Å². The van der Waals surface area contributed by atoms with Crippen molar-refractivity contribution in [3.8, 4) is 5.75 Å². The number of ether oxygens (including phenoxy) is 2. The number of hydrogen-bond donors (Lipinski definition) is 0. The molecule has 0 saturated carbocycles. The number of likely N-dealkylation sites (N-methyl/N-ethyl adjacent to an activating group) is 1. The maximum atomic E-state index is 12.3. The van der Waals surface area contributed by atoms with Crippen LogP contribution in [-0.4, -0.2) is 50.6 Å². The van der Waals surface area contributed by atoms with Gasteiger partial charge in [-0.2, -0.15) is 0 Å². The van der Waals surface area contributed by atoms with Crippen LogP contribution in [0.1, 0.15) is 23.2 Å². The van der Waals surface area contributed by atoms with Gasteiger partial charge in [-0.15, -0.1) is 0 Å². The van der Waals surface area contributed by atoms with Crippen LogP contribution in [0, 0.1) is 0 Å². The van der Waals surface area contributed by atoms with Crippen molar-refractivity contribution in [3.63, 3.8) is 0 Å². The van der Waals surface area contributed by atoms with Crippen LogP contribution in [0.4, 0.5) is 0 Å². The van der Waals surface area contributed by atoms with E-state index in [0.29, 0.717) is 23.9 Å². The molecule has 2 rings (SSSR count). The Hall–Kier alpha value is -1.39. The number of Topliss-reactive ketones (excluding diaryl/α,β-unsaturated/α-hetero) is 1. The van der Waals surface area contributed by atoms with Crippen LogP contribution in [-0.2, 0) is 4.74 Å². The summed E-state index contributed by atoms with van der Waals surface area (Å²) in [6.45, 7) is 2.00. The SMILES string of the molecule is COc1ccccc1C(=O)CN(C)C1CCOCC1. The molecule has 4 nitrogen and oxygen atoms in total. The molecule has 0 atom stereocenters. The van der Waals surface area contributed by atoms with Gasteiger partial charge in [-0.1, -0.05) is 12.1 Å². The molecule has 19 heavy (non-hydrogen) atoms. The molecular formula is C15H21NO3. The first-order chi connectivity index (χ1) is 9.22. The average Bonchev–Trinajstić information content (AvgIpc) is 2.48. The predicted octanol–water partition coefficient (Wildman–Crippen LogP) is 1.99. The molecule has 1 heterocycles. The van der Waals surface area contributed by atoms with E-state index in [-0.39, 0.29) is 5.78 Å². The molecule has 1 saturated heterocycles. The summed E-state index contributed by atoms with van der Waals surface area (Å²) in [4.78, 5) is 14.4. The molecule has 1 aromatic carbocycles. The first kappa shape index (κ1) is 14.0. The monoisotopic (exact) mass is 263 g/mol. The summed E-state index contributed by atoms with van der Waals surface area (Å²) in [5, 5.41) is 0. The van der Waals surface area contributed by atoms with E-state index < -0.39 is 0 Å². The Balaban J connectivity index is 1.99. The molecule has 0 aromatic heterocycles.